The van der Waals surface area contributed by atoms with Gasteiger partial charge in [-0.3, -0.25) is 19.9 Å². The molecule has 0 atom stereocenters. The Labute approximate surface area is 179 Å². The van der Waals surface area contributed by atoms with Gasteiger partial charge in [0.25, 0.3) is 5.69 Å². The minimum Gasteiger partial charge on any atom is -0.456 e. The minimum atomic E-state index is -3.26. The molecular weight excluding hydrogens is 413 g/mol. The number of hydrogen-bond acceptors (Lipinski definition) is 5. The molecule has 0 aliphatic carbocycles. The van der Waals surface area contributed by atoms with Crippen LogP contribution in [0, 0.1) is 10.1 Å². The van der Waals surface area contributed by atoms with E-state index in [1.807, 2.05) is 60.7 Å². The molecule has 4 rings (SSSR count). The number of nitro benzene ring substituents is 1. The number of nitrogens with one attached hydrogen (secondary N) is 1. The van der Waals surface area contributed by atoms with Gasteiger partial charge >= 0.3 is 0 Å². The summed E-state index contributed by atoms with van der Waals surface area (Å²) in [5.74, 6) is 3.98. The third kappa shape index (κ3) is 4.97. The predicted octanol–water partition coefficient (Wildman–Crippen LogP) is 5.82. The number of non-ortho nitro benzene ring substituents is 1. The average Bonchev–Trinajstić information content (AvgIpc) is 2.80. The predicted molar refractivity (Wildman–Crippen MR) is 121 cm³/mol. The molecule has 0 aromatic heterocycles. The van der Waals surface area contributed by atoms with Gasteiger partial charge in [-0.15, -0.1) is 0 Å². The molecule has 1 N–H and O–H groups in total. The summed E-state index contributed by atoms with van der Waals surface area (Å²) in [4.78, 5) is 10.5. The second-order valence-corrected chi connectivity index (χ2v) is 8.88. The molecular formula is C23H18N3O4P. The molecule has 154 valence electrons. The highest BCUT2D eigenvalue weighted by Crippen LogP contribution is 2.53. The van der Waals surface area contributed by atoms with Crippen molar-refractivity contribution in [3.8, 4) is 0 Å². The lowest BCUT2D eigenvalue weighted by Crippen LogP contribution is -2.06. The molecule has 0 amide bonds. The van der Waals surface area contributed by atoms with Crippen molar-refractivity contribution in [2.24, 2.45) is 5.10 Å². The maximum absolute atomic E-state index is 13.6. The standard InChI is InChI=1S/C23H18N3O4P/c27-26(28)21-13-7-8-18(14-21)15-24-25-31(29)16-22(19-9-3-1-4-10-19)30-23(17-31)20-11-5-2-6-12-20/h1-17H,(H,25,29)/b24-15-. The molecule has 7 nitrogen and oxygen atoms in total. The number of hydrogen-bond donors (Lipinski definition) is 1. The zero-order valence-electron chi connectivity index (χ0n) is 16.3. The van der Waals surface area contributed by atoms with Gasteiger partial charge in [0.2, 0.25) is 7.29 Å². The average molecular weight is 431 g/mol. The van der Waals surface area contributed by atoms with Crippen LogP contribution in [0.25, 0.3) is 11.5 Å². The maximum Gasteiger partial charge on any atom is 0.270 e. The first kappa shape index (κ1) is 20.3. The summed E-state index contributed by atoms with van der Waals surface area (Å²) in [5.41, 5.74) is 2.04. The van der Waals surface area contributed by atoms with E-state index in [1.165, 1.54) is 30.0 Å². The molecule has 0 saturated heterocycles. The minimum absolute atomic E-state index is 0.0424. The van der Waals surface area contributed by atoms with Crippen LogP contribution in [0.1, 0.15) is 16.7 Å². The molecule has 0 saturated carbocycles. The maximum atomic E-state index is 13.6. The van der Waals surface area contributed by atoms with Crippen LogP contribution in [-0.2, 0) is 9.30 Å². The van der Waals surface area contributed by atoms with Crippen LogP contribution in [0.4, 0.5) is 5.69 Å². The quantitative estimate of drug-likeness (QED) is 0.230. The van der Waals surface area contributed by atoms with Crippen molar-refractivity contribution in [3.05, 3.63) is 123 Å². The lowest BCUT2D eigenvalue weighted by atomic mass is 10.2. The van der Waals surface area contributed by atoms with E-state index >= 15 is 0 Å². The van der Waals surface area contributed by atoms with E-state index in [1.54, 1.807) is 12.1 Å². The molecule has 0 fully saturated rings. The van der Waals surface area contributed by atoms with Gasteiger partial charge in [0.05, 0.1) is 11.1 Å². The Bertz CT molecular complexity index is 1180. The lowest BCUT2D eigenvalue weighted by molar-refractivity contribution is -0.384. The van der Waals surface area contributed by atoms with Gasteiger partial charge in [-0.2, -0.15) is 5.10 Å². The monoisotopic (exact) mass is 431 g/mol. The van der Waals surface area contributed by atoms with Crippen molar-refractivity contribution in [2.75, 3.05) is 0 Å². The SMILES string of the molecule is O=[N+]([O-])c1cccc(/C=N\NP2(=O)C=C(c3ccccc3)OC(c3ccccc3)=C2)c1. The van der Waals surface area contributed by atoms with Crippen molar-refractivity contribution in [3.63, 3.8) is 0 Å². The van der Waals surface area contributed by atoms with Gasteiger partial charge in [-0.25, -0.2) is 0 Å². The number of ether oxygens (including phenoxy) is 1. The molecule has 3 aromatic rings. The summed E-state index contributed by atoms with van der Waals surface area (Å²) in [7, 11) is -3.26. The van der Waals surface area contributed by atoms with Crippen molar-refractivity contribution >= 4 is 30.7 Å². The summed E-state index contributed by atoms with van der Waals surface area (Å²) in [5, 5.41) is 17.7. The van der Waals surface area contributed by atoms with Crippen molar-refractivity contribution in [1.82, 2.24) is 5.20 Å². The Morgan fingerprint density at radius 1 is 0.871 bits per heavy atom. The van der Waals surface area contributed by atoms with E-state index in [4.69, 9.17) is 4.74 Å². The van der Waals surface area contributed by atoms with Gasteiger partial charge in [0.15, 0.2) is 0 Å². The van der Waals surface area contributed by atoms with Crippen molar-refractivity contribution in [2.45, 2.75) is 0 Å². The fourth-order valence-electron chi connectivity index (χ4n) is 3.00. The van der Waals surface area contributed by atoms with Crippen molar-refractivity contribution in [1.29, 1.82) is 0 Å². The Morgan fingerprint density at radius 2 is 1.45 bits per heavy atom. The van der Waals surface area contributed by atoms with E-state index in [9.17, 15) is 14.7 Å². The van der Waals surface area contributed by atoms with Crippen LogP contribution in [-0.4, -0.2) is 11.1 Å². The Balaban J connectivity index is 1.65. The second-order valence-electron chi connectivity index (χ2n) is 6.74. The lowest BCUT2D eigenvalue weighted by Gasteiger charge is -2.22. The molecule has 8 heteroatoms. The summed E-state index contributed by atoms with van der Waals surface area (Å²) in [6.07, 6.45) is 1.40. The fourth-order valence-corrected chi connectivity index (χ4v) is 4.53. The van der Waals surface area contributed by atoms with E-state index in [-0.39, 0.29) is 5.69 Å². The highest BCUT2D eigenvalue weighted by Gasteiger charge is 2.26. The summed E-state index contributed by atoms with van der Waals surface area (Å²) in [6.45, 7) is 0. The highest BCUT2D eigenvalue weighted by molar-refractivity contribution is 7.68. The van der Waals surface area contributed by atoms with Crippen LogP contribution in [0.2, 0.25) is 0 Å². The first-order valence-electron chi connectivity index (χ1n) is 9.41. The molecule has 0 spiro atoms. The van der Waals surface area contributed by atoms with Gasteiger partial charge in [-0.1, -0.05) is 72.8 Å². The summed E-state index contributed by atoms with van der Waals surface area (Å²) < 4.78 is 19.6. The smallest absolute Gasteiger partial charge is 0.270 e. The number of rotatable bonds is 6. The van der Waals surface area contributed by atoms with Crippen molar-refractivity contribution < 1.29 is 14.2 Å². The molecule has 1 heterocycles. The normalized spacial score (nSPS) is 15.0. The van der Waals surface area contributed by atoms with Gasteiger partial charge in [-0.05, 0) is 0 Å². The Morgan fingerprint density at radius 3 is 2.00 bits per heavy atom. The first-order chi connectivity index (χ1) is 15.0. The van der Waals surface area contributed by atoms with Gasteiger partial charge in [0, 0.05) is 40.5 Å². The largest absolute Gasteiger partial charge is 0.456 e. The molecule has 3 aromatic carbocycles. The van der Waals surface area contributed by atoms with Crippen LogP contribution in [0.3, 0.4) is 0 Å². The third-order valence-corrected chi connectivity index (χ3v) is 6.13. The number of nitrogens with zero attached hydrogens (tertiary/aromatic N) is 2. The van der Waals surface area contributed by atoms with Crippen LogP contribution in [0.5, 0.6) is 0 Å². The van der Waals surface area contributed by atoms with E-state index in [0.717, 1.165) is 11.1 Å². The van der Waals surface area contributed by atoms with Gasteiger partial charge in [0.1, 0.15) is 11.5 Å². The topological polar surface area (TPSA) is 93.8 Å². The molecule has 1 aliphatic rings. The number of hydrazone groups is 1. The first-order valence-corrected chi connectivity index (χ1v) is 11.3. The third-order valence-electron chi connectivity index (χ3n) is 4.46. The fraction of sp³-hybridized carbons (Fsp3) is 0. The molecule has 0 bridgehead atoms. The van der Waals surface area contributed by atoms with Crippen LogP contribution < -0.4 is 5.20 Å². The second kappa shape index (κ2) is 8.81. The Kier molecular flexibility index (Phi) is 5.78. The number of nitro groups is 1. The molecule has 0 radical (unpaired) electrons. The zero-order valence-corrected chi connectivity index (χ0v) is 17.2. The summed E-state index contributed by atoms with van der Waals surface area (Å²) in [6, 6.07) is 24.8. The molecule has 31 heavy (non-hydrogen) atoms. The highest BCUT2D eigenvalue weighted by atomic mass is 31.2. The van der Waals surface area contributed by atoms with E-state index < -0.39 is 12.2 Å². The molecule has 0 unspecified atom stereocenters. The van der Waals surface area contributed by atoms with E-state index in [2.05, 4.69) is 10.3 Å². The van der Waals surface area contributed by atoms with E-state index in [0.29, 0.717) is 17.1 Å². The summed E-state index contributed by atoms with van der Waals surface area (Å²) >= 11 is 0. The van der Waals surface area contributed by atoms with Crippen LogP contribution in [0.15, 0.2) is 102 Å². The zero-order chi connectivity index (χ0) is 21.7. The van der Waals surface area contributed by atoms with Gasteiger partial charge < -0.3 is 4.74 Å². The van der Waals surface area contributed by atoms with Crippen LogP contribution >= 0.6 is 7.29 Å². The number of benzene rings is 3. The molecule has 1 aliphatic heterocycles. The Hall–Kier alpha value is -3.96.